The maximum Gasteiger partial charge on any atom is 0.253 e. The summed E-state index contributed by atoms with van der Waals surface area (Å²) >= 11 is 0. The van der Waals surface area contributed by atoms with Crippen molar-refractivity contribution in [2.45, 2.75) is 31.7 Å². The minimum Gasteiger partial charge on any atom is -0.349 e. The zero-order chi connectivity index (χ0) is 14.4. The van der Waals surface area contributed by atoms with Crippen molar-refractivity contribution < 1.29 is 9.59 Å². The van der Waals surface area contributed by atoms with Crippen LogP contribution in [0.25, 0.3) is 0 Å². The quantitative estimate of drug-likeness (QED) is 0.661. The first-order valence-corrected chi connectivity index (χ1v) is 7.05. The van der Waals surface area contributed by atoms with E-state index in [1.54, 1.807) is 18.2 Å². The van der Waals surface area contributed by atoms with E-state index < -0.39 is 0 Å². The second-order valence-electron chi connectivity index (χ2n) is 5.05. The molecule has 0 atom stereocenters. The number of carbonyl (C=O) groups excluding carboxylic acids is 2. The fourth-order valence-electron chi connectivity index (χ4n) is 1.92. The van der Waals surface area contributed by atoms with Crippen LogP contribution in [-0.4, -0.2) is 31.4 Å². The highest BCUT2D eigenvalue weighted by atomic mass is 16.2. The van der Waals surface area contributed by atoms with Crippen molar-refractivity contribution in [1.82, 2.24) is 10.6 Å². The Hall–Kier alpha value is -1.88. The first kappa shape index (κ1) is 14.5. The van der Waals surface area contributed by atoms with Gasteiger partial charge in [0.25, 0.3) is 5.91 Å². The first-order valence-electron chi connectivity index (χ1n) is 7.05. The lowest BCUT2D eigenvalue weighted by atomic mass is 10.1. The van der Waals surface area contributed by atoms with Gasteiger partial charge < -0.3 is 16.0 Å². The summed E-state index contributed by atoms with van der Waals surface area (Å²) in [5.74, 6) is -0.175. The van der Waals surface area contributed by atoms with Crippen molar-refractivity contribution in [1.29, 1.82) is 0 Å². The van der Waals surface area contributed by atoms with E-state index in [9.17, 15) is 9.59 Å². The summed E-state index contributed by atoms with van der Waals surface area (Å²) < 4.78 is 0. The van der Waals surface area contributed by atoms with E-state index in [-0.39, 0.29) is 11.8 Å². The van der Waals surface area contributed by atoms with Crippen molar-refractivity contribution in [3.8, 4) is 0 Å². The fraction of sp³-hybridized carbons (Fsp3) is 0.467. The number of anilines is 1. The van der Waals surface area contributed by atoms with Crippen LogP contribution in [0.15, 0.2) is 24.3 Å². The molecule has 0 spiro atoms. The van der Waals surface area contributed by atoms with Crippen LogP contribution in [0.2, 0.25) is 0 Å². The van der Waals surface area contributed by atoms with Crippen molar-refractivity contribution in [3.05, 3.63) is 29.8 Å². The molecule has 5 nitrogen and oxygen atoms in total. The highest BCUT2D eigenvalue weighted by molar-refractivity contribution is 6.03. The highest BCUT2D eigenvalue weighted by Crippen LogP contribution is 2.21. The van der Waals surface area contributed by atoms with Gasteiger partial charge in [-0.3, -0.25) is 9.59 Å². The van der Waals surface area contributed by atoms with Gasteiger partial charge in [0.2, 0.25) is 5.91 Å². The monoisotopic (exact) mass is 275 g/mol. The average molecular weight is 275 g/mol. The van der Waals surface area contributed by atoms with Crippen LogP contribution in [0.3, 0.4) is 0 Å². The summed E-state index contributed by atoms with van der Waals surface area (Å²) in [6, 6.07) is 7.43. The molecule has 108 valence electrons. The van der Waals surface area contributed by atoms with E-state index in [0.717, 1.165) is 25.8 Å². The number of nitrogens with one attached hydrogen (secondary N) is 3. The van der Waals surface area contributed by atoms with E-state index >= 15 is 0 Å². The van der Waals surface area contributed by atoms with E-state index in [1.807, 2.05) is 13.1 Å². The molecular weight excluding hydrogens is 254 g/mol. The van der Waals surface area contributed by atoms with E-state index in [1.165, 1.54) is 0 Å². The summed E-state index contributed by atoms with van der Waals surface area (Å²) in [5, 5.41) is 8.75. The number of hydrogen-bond donors (Lipinski definition) is 3. The predicted octanol–water partition coefficient (Wildman–Crippen LogP) is 1.52. The standard InChI is InChI=1S/C15H21N3O2/c1-16-10-4-7-14(19)18-13-6-3-2-5-12(13)15(20)17-11-8-9-11/h2-3,5-6,11,16H,4,7-10H2,1H3,(H,17,20)(H,18,19). The average Bonchev–Trinajstić information content (AvgIpc) is 3.23. The van der Waals surface area contributed by atoms with Gasteiger partial charge in [-0.05, 0) is 45.0 Å². The Morgan fingerprint density at radius 1 is 1.25 bits per heavy atom. The van der Waals surface area contributed by atoms with Crippen LogP contribution in [-0.2, 0) is 4.79 Å². The minimum atomic E-state index is -0.112. The molecule has 0 aromatic heterocycles. The zero-order valence-corrected chi connectivity index (χ0v) is 11.7. The fourth-order valence-corrected chi connectivity index (χ4v) is 1.92. The number of hydrogen-bond acceptors (Lipinski definition) is 3. The molecule has 2 amide bonds. The lowest BCUT2D eigenvalue weighted by molar-refractivity contribution is -0.116. The molecule has 1 aromatic carbocycles. The van der Waals surface area contributed by atoms with Crippen LogP contribution in [0.4, 0.5) is 5.69 Å². The number of rotatable bonds is 7. The second kappa shape index (κ2) is 7.05. The van der Waals surface area contributed by atoms with Crippen LogP contribution in [0.5, 0.6) is 0 Å². The summed E-state index contributed by atoms with van der Waals surface area (Å²) in [5.41, 5.74) is 1.11. The Kier molecular flexibility index (Phi) is 5.12. The molecule has 0 bridgehead atoms. The van der Waals surface area contributed by atoms with Crippen molar-refractivity contribution in [2.75, 3.05) is 18.9 Å². The predicted molar refractivity (Wildman–Crippen MR) is 78.7 cm³/mol. The summed E-state index contributed by atoms with van der Waals surface area (Å²) in [6.45, 7) is 0.803. The summed E-state index contributed by atoms with van der Waals surface area (Å²) in [7, 11) is 1.86. The Bertz CT molecular complexity index is 484. The Morgan fingerprint density at radius 3 is 2.70 bits per heavy atom. The van der Waals surface area contributed by atoms with Crippen LogP contribution in [0.1, 0.15) is 36.0 Å². The smallest absolute Gasteiger partial charge is 0.253 e. The Balaban J connectivity index is 1.95. The molecule has 0 aliphatic heterocycles. The molecule has 1 aromatic rings. The van der Waals surface area contributed by atoms with Gasteiger partial charge in [-0.1, -0.05) is 12.1 Å². The van der Waals surface area contributed by atoms with Gasteiger partial charge in [-0.2, -0.15) is 0 Å². The number of benzene rings is 1. The molecule has 1 saturated carbocycles. The SMILES string of the molecule is CNCCCC(=O)Nc1ccccc1C(=O)NC1CC1. The Morgan fingerprint density at radius 2 is 2.00 bits per heavy atom. The molecule has 0 heterocycles. The lowest BCUT2D eigenvalue weighted by Gasteiger charge is -2.11. The molecule has 3 N–H and O–H groups in total. The molecular formula is C15H21N3O2. The van der Waals surface area contributed by atoms with Gasteiger partial charge in [0, 0.05) is 12.5 Å². The summed E-state index contributed by atoms with van der Waals surface area (Å²) in [4.78, 5) is 23.9. The maximum absolute atomic E-state index is 12.1. The van der Waals surface area contributed by atoms with Crippen LogP contribution >= 0.6 is 0 Å². The topological polar surface area (TPSA) is 70.2 Å². The third kappa shape index (κ3) is 4.35. The van der Waals surface area contributed by atoms with E-state index in [0.29, 0.717) is 23.7 Å². The number of amides is 2. The molecule has 1 aliphatic carbocycles. The molecule has 5 heteroatoms. The third-order valence-electron chi connectivity index (χ3n) is 3.19. The van der Waals surface area contributed by atoms with E-state index in [4.69, 9.17) is 0 Å². The van der Waals surface area contributed by atoms with E-state index in [2.05, 4.69) is 16.0 Å². The molecule has 1 fully saturated rings. The van der Waals surface area contributed by atoms with Gasteiger partial charge >= 0.3 is 0 Å². The van der Waals surface area contributed by atoms with Crippen molar-refractivity contribution in [3.63, 3.8) is 0 Å². The lowest BCUT2D eigenvalue weighted by Crippen LogP contribution is -2.27. The zero-order valence-electron chi connectivity index (χ0n) is 11.7. The Labute approximate surface area is 119 Å². The van der Waals surface area contributed by atoms with Crippen molar-refractivity contribution in [2.24, 2.45) is 0 Å². The number of para-hydroxylation sites is 1. The van der Waals surface area contributed by atoms with Gasteiger partial charge in [0.1, 0.15) is 0 Å². The molecule has 20 heavy (non-hydrogen) atoms. The number of carbonyl (C=O) groups is 2. The third-order valence-corrected chi connectivity index (χ3v) is 3.19. The van der Waals surface area contributed by atoms with Crippen molar-refractivity contribution >= 4 is 17.5 Å². The molecule has 1 aliphatic rings. The van der Waals surface area contributed by atoms with Crippen LogP contribution in [0, 0.1) is 0 Å². The molecule has 0 radical (unpaired) electrons. The molecule has 0 unspecified atom stereocenters. The normalized spacial score (nSPS) is 13.8. The van der Waals surface area contributed by atoms with Crippen LogP contribution < -0.4 is 16.0 Å². The summed E-state index contributed by atoms with van der Waals surface area (Å²) in [6.07, 6.45) is 3.31. The highest BCUT2D eigenvalue weighted by Gasteiger charge is 2.24. The van der Waals surface area contributed by atoms with Gasteiger partial charge in [-0.15, -0.1) is 0 Å². The minimum absolute atomic E-state index is 0.0630. The largest absolute Gasteiger partial charge is 0.349 e. The van der Waals surface area contributed by atoms with Gasteiger partial charge in [0.15, 0.2) is 0 Å². The second-order valence-corrected chi connectivity index (χ2v) is 5.05. The molecule has 2 rings (SSSR count). The molecule has 0 saturated heterocycles. The van der Waals surface area contributed by atoms with Gasteiger partial charge in [-0.25, -0.2) is 0 Å². The van der Waals surface area contributed by atoms with Gasteiger partial charge in [0.05, 0.1) is 11.3 Å². The first-order chi connectivity index (χ1) is 9.70. The maximum atomic E-state index is 12.1.